The third-order valence-corrected chi connectivity index (χ3v) is 5.02. The van der Waals surface area contributed by atoms with Crippen LogP contribution in [0, 0.1) is 17.6 Å². The average molecular weight is 414 g/mol. The monoisotopic (exact) mass is 414 g/mol. The number of amides is 1. The first-order valence-electron chi connectivity index (χ1n) is 9.52. The highest BCUT2D eigenvalue weighted by molar-refractivity contribution is 5.93. The predicted molar refractivity (Wildman–Crippen MR) is 106 cm³/mol. The zero-order chi connectivity index (χ0) is 21.1. The van der Waals surface area contributed by atoms with E-state index in [0.717, 1.165) is 29.9 Å². The molecule has 1 saturated heterocycles. The summed E-state index contributed by atoms with van der Waals surface area (Å²) in [6.07, 6.45) is 1.38. The number of piperidine rings is 1. The Morgan fingerprint density at radius 2 is 2.03 bits per heavy atom. The Hall–Kier alpha value is -3.49. The molecule has 30 heavy (non-hydrogen) atoms. The van der Waals surface area contributed by atoms with E-state index in [1.54, 1.807) is 19.2 Å². The van der Waals surface area contributed by atoms with Gasteiger partial charge in [-0.2, -0.15) is 4.98 Å². The molecule has 0 bridgehead atoms. The zero-order valence-corrected chi connectivity index (χ0v) is 16.3. The minimum absolute atomic E-state index is 0.0434. The van der Waals surface area contributed by atoms with Crippen molar-refractivity contribution in [3.05, 3.63) is 54.1 Å². The van der Waals surface area contributed by atoms with E-state index in [1.807, 2.05) is 17.0 Å². The van der Waals surface area contributed by atoms with Crippen LogP contribution in [0.15, 0.2) is 47.0 Å². The van der Waals surface area contributed by atoms with E-state index in [0.29, 0.717) is 31.3 Å². The molecule has 9 heteroatoms. The molecule has 0 unspecified atom stereocenters. The highest BCUT2D eigenvalue weighted by atomic mass is 19.1. The number of aromatic nitrogens is 2. The fourth-order valence-corrected chi connectivity index (χ4v) is 3.39. The summed E-state index contributed by atoms with van der Waals surface area (Å²) in [5, 5.41) is 6.56. The van der Waals surface area contributed by atoms with Crippen molar-refractivity contribution < 1.29 is 22.8 Å². The lowest BCUT2D eigenvalue weighted by molar-refractivity contribution is -0.120. The van der Waals surface area contributed by atoms with Gasteiger partial charge in [0.05, 0.1) is 18.7 Å². The van der Waals surface area contributed by atoms with Crippen molar-refractivity contribution in [2.75, 3.05) is 30.4 Å². The van der Waals surface area contributed by atoms with E-state index >= 15 is 0 Å². The molecule has 1 atom stereocenters. The van der Waals surface area contributed by atoms with Gasteiger partial charge in [-0.1, -0.05) is 5.16 Å². The molecular weight excluding hydrogens is 394 g/mol. The number of anilines is 2. The van der Waals surface area contributed by atoms with Crippen molar-refractivity contribution in [3.63, 3.8) is 0 Å². The Balaban J connectivity index is 1.43. The Kier molecular flexibility index (Phi) is 5.60. The van der Waals surface area contributed by atoms with Crippen molar-refractivity contribution in [2.45, 2.75) is 12.8 Å². The fourth-order valence-electron chi connectivity index (χ4n) is 3.39. The van der Waals surface area contributed by atoms with E-state index in [-0.39, 0.29) is 17.5 Å². The Morgan fingerprint density at radius 1 is 1.23 bits per heavy atom. The number of nitrogens with one attached hydrogen (secondary N) is 1. The Labute approximate surface area is 171 Å². The SMILES string of the molecule is COc1ccc(-c2noc(N3CCC[C@@H](C(=O)Nc4ccc(F)cc4F)C3)n2)cc1. The third kappa shape index (κ3) is 4.24. The normalized spacial score (nSPS) is 16.4. The van der Waals surface area contributed by atoms with Gasteiger partial charge in [0.15, 0.2) is 0 Å². The van der Waals surface area contributed by atoms with Crippen molar-refractivity contribution in [1.82, 2.24) is 10.1 Å². The predicted octanol–water partition coefficient (Wildman–Crippen LogP) is 3.88. The van der Waals surface area contributed by atoms with E-state index in [1.165, 1.54) is 6.07 Å². The standard InChI is InChI=1S/C21H20F2N4O3/c1-29-16-7-4-13(5-8-16)19-25-21(30-26-19)27-10-2-3-14(12-27)20(28)24-18-9-6-15(22)11-17(18)23/h4-9,11,14H,2-3,10,12H2,1H3,(H,24,28)/t14-/m1/s1. The molecular formula is C21H20F2N4O3. The van der Waals surface area contributed by atoms with Gasteiger partial charge < -0.3 is 19.5 Å². The summed E-state index contributed by atoms with van der Waals surface area (Å²) in [5.41, 5.74) is 0.738. The summed E-state index contributed by atoms with van der Waals surface area (Å²) in [4.78, 5) is 18.9. The van der Waals surface area contributed by atoms with E-state index in [2.05, 4.69) is 15.5 Å². The first-order valence-corrected chi connectivity index (χ1v) is 9.52. The summed E-state index contributed by atoms with van der Waals surface area (Å²) in [5.74, 6) is -1.06. The van der Waals surface area contributed by atoms with Gasteiger partial charge in [-0.05, 0) is 49.2 Å². The van der Waals surface area contributed by atoms with Gasteiger partial charge in [0.2, 0.25) is 11.7 Å². The molecule has 1 amide bonds. The molecule has 1 N–H and O–H groups in total. The van der Waals surface area contributed by atoms with Crippen LogP contribution in [0.1, 0.15) is 12.8 Å². The lowest BCUT2D eigenvalue weighted by atomic mass is 9.97. The maximum atomic E-state index is 13.8. The van der Waals surface area contributed by atoms with Gasteiger partial charge in [0.1, 0.15) is 17.4 Å². The molecule has 0 spiro atoms. The molecule has 4 rings (SSSR count). The molecule has 0 radical (unpaired) electrons. The molecule has 7 nitrogen and oxygen atoms in total. The van der Waals surface area contributed by atoms with Gasteiger partial charge in [0, 0.05) is 24.7 Å². The summed E-state index contributed by atoms with van der Waals surface area (Å²) in [7, 11) is 1.59. The third-order valence-electron chi connectivity index (χ3n) is 5.02. The van der Waals surface area contributed by atoms with Crippen molar-refractivity contribution in [3.8, 4) is 17.1 Å². The number of carbonyl (C=O) groups excluding carboxylic acids is 1. The second-order valence-corrected chi connectivity index (χ2v) is 7.03. The van der Waals surface area contributed by atoms with Crippen molar-refractivity contribution in [1.29, 1.82) is 0 Å². The van der Waals surface area contributed by atoms with Crippen molar-refractivity contribution in [2.24, 2.45) is 5.92 Å². The molecule has 1 aliphatic heterocycles. The average Bonchev–Trinajstić information content (AvgIpc) is 3.26. The number of carbonyl (C=O) groups is 1. The van der Waals surface area contributed by atoms with Crippen LogP contribution in [0.25, 0.3) is 11.4 Å². The molecule has 2 heterocycles. The van der Waals surface area contributed by atoms with Gasteiger partial charge in [-0.15, -0.1) is 0 Å². The topological polar surface area (TPSA) is 80.5 Å². The number of ether oxygens (including phenoxy) is 1. The number of methoxy groups -OCH3 is 1. The summed E-state index contributed by atoms with van der Waals surface area (Å²) in [6, 6.07) is 10.7. The molecule has 0 aliphatic carbocycles. The lowest BCUT2D eigenvalue weighted by Crippen LogP contribution is -2.41. The van der Waals surface area contributed by atoms with Crippen LogP contribution < -0.4 is 15.0 Å². The summed E-state index contributed by atoms with van der Waals surface area (Å²) in [6.45, 7) is 1.03. The Morgan fingerprint density at radius 3 is 2.77 bits per heavy atom. The smallest absolute Gasteiger partial charge is 0.324 e. The lowest BCUT2D eigenvalue weighted by Gasteiger charge is -2.30. The van der Waals surface area contributed by atoms with Gasteiger partial charge in [-0.25, -0.2) is 8.78 Å². The van der Waals surface area contributed by atoms with Gasteiger partial charge in [-0.3, -0.25) is 4.79 Å². The number of rotatable bonds is 5. The van der Waals surface area contributed by atoms with Crippen LogP contribution in [0.2, 0.25) is 0 Å². The largest absolute Gasteiger partial charge is 0.497 e. The second-order valence-electron chi connectivity index (χ2n) is 7.03. The second kappa shape index (κ2) is 8.48. The molecule has 3 aromatic rings. The highest BCUT2D eigenvalue weighted by Gasteiger charge is 2.29. The number of hydrogen-bond acceptors (Lipinski definition) is 6. The molecule has 2 aromatic carbocycles. The van der Waals surface area contributed by atoms with Crippen LogP contribution in [0.3, 0.4) is 0 Å². The number of halogens is 2. The van der Waals surface area contributed by atoms with Crippen LogP contribution in [0.4, 0.5) is 20.5 Å². The summed E-state index contributed by atoms with van der Waals surface area (Å²) < 4.78 is 37.4. The number of hydrogen-bond donors (Lipinski definition) is 1. The molecule has 1 aliphatic rings. The maximum absolute atomic E-state index is 13.8. The van der Waals surface area contributed by atoms with E-state index < -0.39 is 11.6 Å². The zero-order valence-electron chi connectivity index (χ0n) is 16.3. The van der Waals surface area contributed by atoms with Crippen LogP contribution in [0.5, 0.6) is 5.75 Å². The fraction of sp³-hybridized carbons (Fsp3) is 0.286. The minimum Gasteiger partial charge on any atom is -0.497 e. The first kappa shape index (κ1) is 19.8. The highest BCUT2D eigenvalue weighted by Crippen LogP contribution is 2.26. The van der Waals surface area contributed by atoms with Crippen LogP contribution in [-0.4, -0.2) is 36.2 Å². The number of benzene rings is 2. The summed E-state index contributed by atoms with van der Waals surface area (Å²) >= 11 is 0. The van der Waals surface area contributed by atoms with Crippen LogP contribution in [-0.2, 0) is 4.79 Å². The van der Waals surface area contributed by atoms with E-state index in [9.17, 15) is 13.6 Å². The molecule has 1 aromatic heterocycles. The maximum Gasteiger partial charge on any atom is 0.324 e. The number of nitrogens with zero attached hydrogens (tertiary/aromatic N) is 3. The minimum atomic E-state index is -0.808. The molecule has 0 saturated carbocycles. The molecule has 156 valence electrons. The van der Waals surface area contributed by atoms with Gasteiger partial charge in [0.25, 0.3) is 0 Å². The first-order chi connectivity index (χ1) is 14.5. The van der Waals surface area contributed by atoms with Gasteiger partial charge >= 0.3 is 6.01 Å². The quantitative estimate of drug-likeness (QED) is 0.683. The Bertz CT molecular complexity index is 1040. The molecule has 1 fully saturated rings. The van der Waals surface area contributed by atoms with Crippen molar-refractivity contribution >= 4 is 17.6 Å². The van der Waals surface area contributed by atoms with E-state index in [4.69, 9.17) is 9.26 Å². The van der Waals surface area contributed by atoms with Crippen LogP contribution >= 0.6 is 0 Å².